The van der Waals surface area contributed by atoms with Crippen LogP contribution in [0.1, 0.15) is 13.8 Å². The highest BCUT2D eigenvalue weighted by molar-refractivity contribution is 5.47. The van der Waals surface area contributed by atoms with Crippen molar-refractivity contribution in [2.45, 2.75) is 26.0 Å². The van der Waals surface area contributed by atoms with Gasteiger partial charge in [0.2, 0.25) is 0 Å². The van der Waals surface area contributed by atoms with Crippen LogP contribution >= 0.6 is 0 Å². The summed E-state index contributed by atoms with van der Waals surface area (Å²) < 4.78 is 5.04. The fraction of sp³-hybridized carbons (Fsp3) is 0.455. The van der Waals surface area contributed by atoms with E-state index in [0.29, 0.717) is 0 Å². The van der Waals surface area contributed by atoms with Gasteiger partial charge in [0.25, 0.3) is 0 Å². The second-order valence-electron chi connectivity index (χ2n) is 3.40. The van der Waals surface area contributed by atoms with E-state index < -0.39 is 0 Å². The Morgan fingerprint density at radius 2 is 1.79 bits per heavy atom. The van der Waals surface area contributed by atoms with Crippen molar-refractivity contribution in [2.75, 3.05) is 12.4 Å². The predicted molar refractivity (Wildman–Crippen MR) is 57.8 cm³/mol. The molecule has 2 atom stereocenters. The van der Waals surface area contributed by atoms with Crippen molar-refractivity contribution in [1.29, 1.82) is 0 Å². The van der Waals surface area contributed by atoms with Crippen LogP contribution in [0.25, 0.3) is 0 Å². The molecule has 0 aliphatic heterocycles. The lowest BCUT2D eigenvalue weighted by Gasteiger charge is -2.17. The van der Waals surface area contributed by atoms with Crippen LogP contribution in [0.4, 0.5) is 5.69 Å². The number of nitrogens with one attached hydrogen (secondary N) is 1. The van der Waals surface area contributed by atoms with Gasteiger partial charge < -0.3 is 15.2 Å². The van der Waals surface area contributed by atoms with Gasteiger partial charge in [-0.2, -0.15) is 0 Å². The van der Waals surface area contributed by atoms with Gasteiger partial charge in [-0.1, -0.05) is 0 Å². The first-order chi connectivity index (χ1) is 6.63. The van der Waals surface area contributed by atoms with E-state index >= 15 is 0 Å². The lowest BCUT2D eigenvalue weighted by atomic mass is 10.2. The van der Waals surface area contributed by atoms with Crippen molar-refractivity contribution >= 4 is 5.69 Å². The third-order valence-electron chi connectivity index (χ3n) is 2.21. The topological polar surface area (TPSA) is 41.5 Å². The molecular weight excluding hydrogens is 178 g/mol. The molecule has 0 spiro atoms. The highest BCUT2D eigenvalue weighted by Gasteiger charge is 2.07. The number of hydrogen-bond donors (Lipinski definition) is 2. The summed E-state index contributed by atoms with van der Waals surface area (Å²) in [5.74, 6) is 0.834. The quantitative estimate of drug-likeness (QED) is 0.770. The molecule has 78 valence electrons. The molecule has 0 amide bonds. The first-order valence-electron chi connectivity index (χ1n) is 4.72. The van der Waals surface area contributed by atoms with Gasteiger partial charge in [0.1, 0.15) is 5.75 Å². The summed E-state index contributed by atoms with van der Waals surface area (Å²) in [5.41, 5.74) is 0.985. The second-order valence-corrected chi connectivity index (χ2v) is 3.40. The van der Waals surface area contributed by atoms with Gasteiger partial charge in [0.15, 0.2) is 0 Å². The fourth-order valence-corrected chi connectivity index (χ4v) is 1.07. The smallest absolute Gasteiger partial charge is 0.119 e. The molecule has 14 heavy (non-hydrogen) atoms. The minimum absolute atomic E-state index is 0.0448. The molecule has 1 rings (SSSR count). The molecule has 0 aliphatic rings. The van der Waals surface area contributed by atoms with E-state index in [-0.39, 0.29) is 12.1 Å². The van der Waals surface area contributed by atoms with Gasteiger partial charge in [-0.15, -0.1) is 0 Å². The average molecular weight is 195 g/mol. The van der Waals surface area contributed by atoms with E-state index in [9.17, 15) is 5.11 Å². The number of aliphatic hydroxyl groups is 1. The molecule has 3 heteroatoms. The largest absolute Gasteiger partial charge is 0.497 e. The van der Waals surface area contributed by atoms with Crippen LogP contribution in [0.3, 0.4) is 0 Å². The zero-order valence-electron chi connectivity index (χ0n) is 8.82. The van der Waals surface area contributed by atoms with Gasteiger partial charge in [0.05, 0.1) is 13.2 Å². The number of hydrogen-bond acceptors (Lipinski definition) is 3. The highest BCUT2D eigenvalue weighted by atomic mass is 16.5. The van der Waals surface area contributed by atoms with E-state index in [2.05, 4.69) is 5.32 Å². The maximum Gasteiger partial charge on any atom is 0.119 e. The van der Waals surface area contributed by atoms with Gasteiger partial charge in [-0.3, -0.25) is 0 Å². The van der Waals surface area contributed by atoms with E-state index in [1.165, 1.54) is 0 Å². The maximum atomic E-state index is 9.30. The lowest BCUT2D eigenvalue weighted by molar-refractivity contribution is 0.178. The van der Waals surface area contributed by atoms with Gasteiger partial charge in [-0.05, 0) is 38.1 Å². The summed E-state index contributed by atoms with van der Waals surface area (Å²) in [5, 5.41) is 12.5. The van der Waals surface area contributed by atoms with Crippen LogP contribution in [0.5, 0.6) is 5.75 Å². The van der Waals surface area contributed by atoms with E-state index in [0.717, 1.165) is 11.4 Å². The third kappa shape index (κ3) is 2.92. The standard InChI is InChI=1S/C11H17NO2/c1-8(9(2)13)12-10-4-6-11(14-3)7-5-10/h4-9,12-13H,1-3H3/t8-,9+/m1/s1. The van der Waals surface area contributed by atoms with Crippen molar-refractivity contribution in [3.8, 4) is 5.75 Å². The van der Waals surface area contributed by atoms with Crippen molar-refractivity contribution in [3.63, 3.8) is 0 Å². The molecule has 2 N–H and O–H groups in total. The minimum atomic E-state index is -0.364. The van der Waals surface area contributed by atoms with Crippen LogP contribution in [-0.2, 0) is 0 Å². The SMILES string of the molecule is COc1ccc(N[C@H](C)[C@H](C)O)cc1. The number of anilines is 1. The Balaban J connectivity index is 2.59. The Kier molecular flexibility index (Phi) is 3.77. The zero-order chi connectivity index (χ0) is 10.6. The van der Waals surface area contributed by atoms with Crippen LogP contribution in [0, 0.1) is 0 Å². The molecule has 0 saturated heterocycles. The van der Waals surface area contributed by atoms with Gasteiger partial charge >= 0.3 is 0 Å². The molecule has 0 heterocycles. The first kappa shape index (κ1) is 10.9. The van der Waals surface area contributed by atoms with Crippen molar-refractivity contribution in [3.05, 3.63) is 24.3 Å². The molecule has 1 aromatic rings. The van der Waals surface area contributed by atoms with E-state index in [4.69, 9.17) is 4.74 Å². The number of aliphatic hydroxyl groups excluding tert-OH is 1. The molecule has 0 unspecified atom stereocenters. The molecule has 0 aromatic heterocycles. The summed E-state index contributed by atoms with van der Waals surface area (Å²) in [6, 6.07) is 7.67. The van der Waals surface area contributed by atoms with Crippen LogP contribution in [-0.4, -0.2) is 24.4 Å². The normalized spacial score (nSPS) is 14.6. The summed E-state index contributed by atoms with van der Waals surface area (Å²) in [4.78, 5) is 0. The van der Waals surface area contributed by atoms with E-state index in [1.54, 1.807) is 14.0 Å². The number of rotatable bonds is 4. The Bertz CT molecular complexity index is 269. The average Bonchev–Trinajstić information content (AvgIpc) is 2.19. The molecule has 0 saturated carbocycles. The molecule has 0 aliphatic carbocycles. The van der Waals surface area contributed by atoms with Crippen molar-refractivity contribution < 1.29 is 9.84 Å². The Labute approximate surface area is 84.7 Å². The van der Waals surface area contributed by atoms with Crippen LogP contribution in [0.15, 0.2) is 24.3 Å². The maximum absolute atomic E-state index is 9.30. The Morgan fingerprint density at radius 3 is 2.21 bits per heavy atom. The Hall–Kier alpha value is -1.22. The number of ether oxygens (including phenoxy) is 1. The predicted octanol–water partition coefficient (Wildman–Crippen LogP) is 1.88. The molecule has 3 nitrogen and oxygen atoms in total. The second kappa shape index (κ2) is 4.86. The minimum Gasteiger partial charge on any atom is -0.497 e. The molecule has 1 aromatic carbocycles. The summed E-state index contributed by atoms with van der Waals surface area (Å²) in [6.07, 6.45) is -0.364. The molecular formula is C11H17NO2. The van der Waals surface area contributed by atoms with Crippen molar-refractivity contribution in [1.82, 2.24) is 0 Å². The van der Waals surface area contributed by atoms with Crippen LogP contribution in [0.2, 0.25) is 0 Å². The Morgan fingerprint density at radius 1 is 1.21 bits per heavy atom. The lowest BCUT2D eigenvalue weighted by Crippen LogP contribution is -2.27. The number of benzene rings is 1. The third-order valence-corrected chi connectivity index (χ3v) is 2.21. The molecule has 0 fully saturated rings. The first-order valence-corrected chi connectivity index (χ1v) is 4.72. The van der Waals surface area contributed by atoms with Crippen LogP contribution < -0.4 is 10.1 Å². The highest BCUT2D eigenvalue weighted by Crippen LogP contribution is 2.16. The zero-order valence-corrected chi connectivity index (χ0v) is 8.82. The van der Waals surface area contributed by atoms with Gasteiger partial charge in [0, 0.05) is 11.7 Å². The van der Waals surface area contributed by atoms with Gasteiger partial charge in [-0.25, -0.2) is 0 Å². The molecule has 0 radical (unpaired) electrons. The monoisotopic (exact) mass is 195 g/mol. The summed E-state index contributed by atoms with van der Waals surface area (Å²) in [7, 11) is 1.64. The fourth-order valence-electron chi connectivity index (χ4n) is 1.07. The van der Waals surface area contributed by atoms with Crippen molar-refractivity contribution in [2.24, 2.45) is 0 Å². The molecule has 0 bridgehead atoms. The van der Waals surface area contributed by atoms with E-state index in [1.807, 2.05) is 31.2 Å². The number of methoxy groups -OCH3 is 1. The summed E-state index contributed by atoms with van der Waals surface area (Å²) >= 11 is 0. The summed E-state index contributed by atoms with van der Waals surface area (Å²) in [6.45, 7) is 3.70.